The average Bonchev–Trinajstić information content (AvgIpc) is 2.71. The SMILES string of the molecule is CCc1ccc(C(C)NCCCC(F)(F)F)s1. The molecule has 98 valence electrons. The van der Waals surface area contributed by atoms with E-state index in [0.29, 0.717) is 6.54 Å². The van der Waals surface area contributed by atoms with Gasteiger partial charge in [0.2, 0.25) is 0 Å². The van der Waals surface area contributed by atoms with Crippen molar-refractivity contribution in [3.63, 3.8) is 0 Å². The summed E-state index contributed by atoms with van der Waals surface area (Å²) < 4.78 is 35.8. The summed E-state index contributed by atoms with van der Waals surface area (Å²) in [5.74, 6) is 0. The van der Waals surface area contributed by atoms with Crippen molar-refractivity contribution in [1.29, 1.82) is 0 Å². The molecule has 0 saturated carbocycles. The maximum absolute atomic E-state index is 11.9. The number of hydrogen-bond donors (Lipinski definition) is 1. The standard InChI is InChI=1S/C12H18F3NS/c1-3-10-5-6-11(17-10)9(2)16-8-4-7-12(13,14)15/h5-6,9,16H,3-4,7-8H2,1-2H3. The van der Waals surface area contributed by atoms with Crippen LogP contribution in [-0.4, -0.2) is 12.7 Å². The number of halogens is 3. The lowest BCUT2D eigenvalue weighted by Crippen LogP contribution is -2.20. The molecule has 0 radical (unpaired) electrons. The van der Waals surface area contributed by atoms with E-state index in [1.165, 1.54) is 9.75 Å². The van der Waals surface area contributed by atoms with E-state index >= 15 is 0 Å². The molecule has 1 atom stereocenters. The lowest BCUT2D eigenvalue weighted by molar-refractivity contribution is -0.135. The van der Waals surface area contributed by atoms with Gasteiger partial charge in [-0.1, -0.05) is 6.92 Å². The van der Waals surface area contributed by atoms with Crippen molar-refractivity contribution < 1.29 is 13.2 Å². The van der Waals surface area contributed by atoms with Gasteiger partial charge in [0.05, 0.1) is 0 Å². The second kappa shape index (κ2) is 6.40. The molecular formula is C12H18F3NS. The van der Waals surface area contributed by atoms with E-state index < -0.39 is 12.6 Å². The fourth-order valence-corrected chi connectivity index (χ4v) is 2.50. The van der Waals surface area contributed by atoms with Gasteiger partial charge in [-0.05, 0) is 38.4 Å². The maximum atomic E-state index is 11.9. The van der Waals surface area contributed by atoms with Gasteiger partial charge in [0, 0.05) is 22.2 Å². The number of hydrogen-bond acceptors (Lipinski definition) is 2. The first kappa shape index (κ1) is 14.5. The van der Waals surface area contributed by atoms with Crippen molar-refractivity contribution in [2.75, 3.05) is 6.54 Å². The lowest BCUT2D eigenvalue weighted by atomic mass is 10.2. The summed E-state index contributed by atoms with van der Waals surface area (Å²) in [5.41, 5.74) is 0. The number of alkyl halides is 3. The molecular weight excluding hydrogens is 247 g/mol. The van der Waals surface area contributed by atoms with Gasteiger partial charge in [0.15, 0.2) is 0 Å². The van der Waals surface area contributed by atoms with E-state index in [1.54, 1.807) is 11.3 Å². The van der Waals surface area contributed by atoms with Gasteiger partial charge >= 0.3 is 6.18 Å². The Morgan fingerprint density at radius 2 is 2.06 bits per heavy atom. The first-order valence-electron chi connectivity index (χ1n) is 5.81. The molecule has 0 aliphatic heterocycles. The van der Waals surface area contributed by atoms with Crippen LogP contribution < -0.4 is 5.32 Å². The smallest absolute Gasteiger partial charge is 0.309 e. The third-order valence-electron chi connectivity index (χ3n) is 2.55. The molecule has 0 fully saturated rings. The van der Waals surface area contributed by atoms with Crippen LogP contribution in [0.4, 0.5) is 13.2 Å². The highest BCUT2D eigenvalue weighted by molar-refractivity contribution is 7.12. The summed E-state index contributed by atoms with van der Waals surface area (Å²) in [6, 6.07) is 4.26. The molecule has 0 spiro atoms. The average molecular weight is 265 g/mol. The normalized spacial score (nSPS) is 13.9. The minimum Gasteiger partial charge on any atom is -0.309 e. The Morgan fingerprint density at radius 1 is 1.35 bits per heavy atom. The molecule has 0 aliphatic carbocycles. The molecule has 0 saturated heterocycles. The van der Waals surface area contributed by atoms with E-state index in [2.05, 4.69) is 18.3 Å². The van der Waals surface area contributed by atoms with Crippen LogP contribution in [0, 0.1) is 0 Å². The number of aryl methyl sites for hydroxylation is 1. The third-order valence-corrected chi connectivity index (χ3v) is 3.96. The minimum atomic E-state index is -4.04. The second-order valence-corrected chi connectivity index (χ2v) is 5.25. The van der Waals surface area contributed by atoms with Crippen LogP contribution in [0.15, 0.2) is 12.1 Å². The predicted molar refractivity (Wildman–Crippen MR) is 65.4 cm³/mol. The Labute approximate surface area is 104 Å². The molecule has 0 bridgehead atoms. The van der Waals surface area contributed by atoms with Crippen LogP contribution in [0.25, 0.3) is 0 Å². The van der Waals surface area contributed by atoms with Crippen LogP contribution in [-0.2, 0) is 6.42 Å². The van der Waals surface area contributed by atoms with Crippen LogP contribution in [0.5, 0.6) is 0 Å². The summed E-state index contributed by atoms with van der Waals surface area (Å²) >= 11 is 1.72. The minimum absolute atomic E-state index is 0.133. The van der Waals surface area contributed by atoms with Crippen LogP contribution in [0.2, 0.25) is 0 Å². The fourth-order valence-electron chi connectivity index (χ4n) is 1.53. The molecule has 1 N–H and O–H groups in total. The van der Waals surface area contributed by atoms with Crippen LogP contribution in [0.1, 0.15) is 42.5 Å². The Kier molecular flexibility index (Phi) is 5.46. The summed E-state index contributed by atoms with van der Waals surface area (Å²) in [6.45, 7) is 4.48. The largest absolute Gasteiger partial charge is 0.389 e. The van der Waals surface area contributed by atoms with Gasteiger partial charge in [0.25, 0.3) is 0 Å². The highest BCUT2D eigenvalue weighted by Gasteiger charge is 2.25. The molecule has 1 heterocycles. The highest BCUT2D eigenvalue weighted by Crippen LogP contribution is 2.24. The van der Waals surface area contributed by atoms with Gasteiger partial charge in [-0.2, -0.15) is 13.2 Å². The number of thiophene rings is 1. The van der Waals surface area contributed by atoms with E-state index in [4.69, 9.17) is 0 Å². The van der Waals surface area contributed by atoms with Gasteiger partial charge in [-0.25, -0.2) is 0 Å². The van der Waals surface area contributed by atoms with E-state index in [9.17, 15) is 13.2 Å². The van der Waals surface area contributed by atoms with E-state index in [1.807, 2.05) is 13.0 Å². The van der Waals surface area contributed by atoms with E-state index in [-0.39, 0.29) is 12.5 Å². The molecule has 0 amide bonds. The molecule has 5 heteroatoms. The molecule has 0 aromatic carbocycles. The topological polar surface area (TPSA) is 12.0 Å². The van der Waals surface area contributed by atoms with Crippen molar-refractivity contribution in [1.82, 2.24) is 5.32 Å². The van der Waals surface area contributed by atoms with Crippen molar-refractivity contribution in [3.8, 4) is 0 Å². The zero-order chi connectivity index (χ0) is 12.9. The molecule has 1 nitrogen and oxygen atoms in total. The molecule has 1 aromatic rings. The van der Waals surface area contributed by atoms with Gasteiger partial charge in [-0.15, -0.1) is 11.3 Å². The Balaban J connectivity index is 2.27. The van der Waals surface area contributed by atoms with Crippen LogP contribution in [0.3, 0.4) is 0 Å². The van der Waals surface area contributed by atoms with Crippen molar-refractivity contribution in [2.24, 2.45) is 0 Å². The van der Waals surface area contributed by atoms with Crippen molar-refractivity contribution >= 4 is 11.3 Å². The zero-order valence-electron chi connectivity index (χ0n) is 10.1. The number of nitrogens with one attached hydrogen (secondary N) is 1. The first-order chi connectivity index (χ1) is 7.92. The maximum Gasteiger partial charge on any atom is 0.389 e. The van der Waals surface area contributed by atoms with Gasteiger partial charge in [-0.3, -0.25) is 0 Å². The van der Waals surface area contributed by atoms with Gasteiger partial charge in [0.1, 0.15) is 0 Å². The zero-order valence-corrected chi connectivity index (χ0v) is 10.9. The molecule has 1 rings (SSSR count). The molecule has 1 unspecified atom stereocenters. The van der Waals surface area contributed by atoms with Crippen molar-refractivity contribution in [3.05, 3.63) is 21.9 Å². The Bertz CT molecular complexity index is 333. The van der Waals surface area contributed by atoms with Gasteiger partial charge < -0.3 is 5.32 Å². The second-order valence-electron chi connectivity index (χ2n) is 4.05. The summed E-state index contributed by atoms with van der Waals surface area (Å²) in [4.78, 5) is 2.50. The first-order valence-corrected chi connectivity index (χ1v) is 6.62. The summed E-state index contributed by atoms with van der Waals surface area (Å²) in [5, 5.41) is 3.12. The van der Waals surface area contributed by atoms with Crippen molar-refractivity contribution in [2.45, 2.75) is 45.3 Å². The molecule has 0 aliphatic rings. The molecule has 1 aromatic heterocycles. The predicted octanol–water partition coefficient (Wildman–Crippen LogP) is 4.30. The summed E-state index contributed by atoms with van der Waals surface area (Å²) in [6.07, 6.45) is -3.61. The van der Waals surface area contributed by atoms with E-state index in [0.717, 1.165) is 6.42 Å². The summed E-state index contributed by atoms with van der Waals surface area (Å²) in [7, 11) is 0. The molecule has 17 heavy (non-hydrogen) atoms. The fraction of sp³-hybridized carbons (Fsp3) is 0.667. The lowest BCUT2D eigenvalue weighted by Gasteiger charge is -2.12. The highest BCUT2D eigenvalue weighted by atomic mass is 32.1. The Hall–Kier alpha value is -0.550. The quantitative estimate of drug-likeness (QED) is 0.756. The van der Waals surface area contributed by atoms with Crippen LogP contribution >= 0.6 is 11.3 Å². The monoisotopic (exact) mass is 265 g/mol. The Morgan fingerprint density at radius 3 is 2.59 bits per heavy atom. The third kappa shape index (κ3) is 5.55. The number of rotatable bonds is 6.